The molecule has 1 saturated carbocycles. The first kappa shape index (κ1) is 14.3. The van der Waals surface area contributed by atoms with Crippen LogP contribution in [0, 0.1) is 17.8 Å². The number of aliphatic hydroxyl groups excluding tert-OH is 1. The summed E-state index contributed by atoms with van der Waals surface area (Å²) >= 11 is 0. The molecule has 1 aliphatic heterocycles. The number of carbonyl (C=O) groups is 2. The minimum absolute atomic E-state index is 0.0986. The predicted octanol–water partition coefficient (Wildman–Crippen LogP) is -0.0470. The van der Waals surface area contributed by atoms with E-state index in [1.807, 2.05) is 6.92 Å². The Balaban J connectivity index is 2.03. The third-order valence-corrected chi connectivity index (χ3v) is 4.09. The van der Waals surface area contributed by atoms with Crippen LogP contribution < -0.4 is 0 Å². The van der Waals surface area contributed by atoms with Crippen LogP contribution in [0.4, 0.5) is 0 Å². The molecule has 108 valence electrons. The molecule has 1 heterocycles. The van der Waals surface area contributed by atoms with Crippen LogP contribution >= 0.6 is 0 Å². The fourth-order valence-corrected chi connectivity index (χ4v) is 3.10. The highest BCUT2D eigenvalue weighted by atomic mass is 16.5. The lowest BCUT2D eigenvalue weighted by atomic mass is 9.94. The molecule has 0 radical (unpaired) electrons. The van der Waals surface area contributed by atoms with Crippen LogP contribution in [0.15, 0.2) is 0 Å². The van der Waals surface area contributed by atoms with E-state index in [1.54, 1.807) is 4.90 Å². The molecule has 0 aromatic heterocycles. The van der Waals surface area contributed by atoms with E-state index in [0.717, 1.165) is 0 Å². The van der Waals surface area contributed by atoms with Gasteiger partial charge in [-0.3, -0.25) is 9.59 Å². The fraction of sp³-hybridized carbons (Fsp3) is 0.846. The fourth-order valence-electron chi connectivity index (χ4n) is 3.10. The molecule has 0 aromatic carbocycles. The predicted molar refractivity (Wildman–Crippen MR) is 66.4 cm³/mol. The van der Waals surface area contributed by atoms with E-state index >= 15 is 0 Å². The molecule has 2 rings (SSSR count). The second kappa shape index (κ2) is 5.88. The number of hydrogen-bond acceptors (Lipinski definition) is 4. The van der Waals surface area contributed by atoms with Gasteiger partial charge in [-0.25, -0.2) is 0 Å². The molecule has 0 bridgehead atoms. The van der Waals surface area contributed by atoms with Gasteiger partial charge >= 0.3 is 5.97 Å². The lowest BCUT2D eigenvalue weighted by Crippen LogP contribution is -2.49. The van der Waals surface area contributed by atoms with Gasteiger partial charge in [0.15, 0.2) is 0 Å². The van der Waals surface area contributed by atoms with Crippen LogP contribution in [0.5, 0.6) is 0 Å². The second-order valence-electron chi connectivity index (χ2n) is 5.59. The number of aliphatic carboxylic acids is 1. The number of carboxylic acids is 1. The Labute approximate surface area is 112 Å². The summed E-state index contributed by atoms with van der Waals surface area (Å²) in [6.07, 6.45) is 0.857. The SMILES string of the molecule is CC1CC(C(=O)O)C(C(=O)N2CCOC(CO)C2)C1. The molecular weight excluding hydrogens is 250 g/mol. The standard InChI is InChI=1S/C13H21NO5/c1-8-4-10(11(5-8)13(17)18)12(16)14-2-3-19-9(6-14)7-15/h8-11,15H,2-7H2,1H3,(H,17,18). The van der Waals surface area contributed by atoms with Gasteiger partial charge < -0.3 is 19.8 Å². The van der Waals surface area contributed by atoms with Crippen molar-refractivity contribution < 1.29 is 24.5 Å². The van der Waals surface area contributed by atoms with Crippen LogP contribution in [-0.2, 0) is 14.3 Å². The van der Waals surface area contributed by atoms with E-state index in [9.17, 15) is 14.7 Å². The first-order chi connectivity index (χ1) is 9.02. The molecule has 6 nitrogen and oxygen atoms in total. The number of nitrogens with zero attached hydrogens (tertiary/aromatic N) is 1. The van der Waals surface area contributed by atoms with E-state index in [1.165, 1.54) is 0 Å². The van der Waals surface area contributed by atoms with Crippen molar-refractivity contribution in [1.82, 2.24) is 4.90 Å². The van der Waals surface area contributed by atoms with Crippen molar-refractivity contribution in [2.75, 3.05) is 26.3 Å². The van der Waals surface area contributed by atoms with Crippen molar-refractivity contribution in [3.63, 3.8) is 0 Å². The van der Waals surface area contributed by atoms with E-state index < -0.39 is 17.8 Å². The summed E-state index contributed by atoms with van der Waals surface area (Å²) < 4.78 is 5.31. The van der Waals surface area contributed by atoms with Crippen molar-refractivity contribution in [3.05, 3.63) is 0 Å². The highest BCUT2D eigenvalue weighted by Crippen LogP contribution is 2.37. The normalized spacial score (nSPS) is 35.4. The Hall–Kier alpha value is -1.14. The third-order valence-electron chi connectivity index (χ3n) is 4.09. The minimum atomic E-state index is -0.880. The topological polar surface area (TPSA) is 87.1 Å². The van der Waals surface area contributed by atoms with Crippen LogP contribution in [0.3, 0.4) is 0 Å². The van der Waals surface area contributed by atoms with E-state index in [0.29, 0.717) is 32.5 Å². The van der Waals surface area contributed by atoms with E-state index in [2.05, 4.69) is 0 Å². The molecule has 0 spiro atoms. The lowest BCUT2D eigenvalue weighted by Gasteiger charge is -2.34. The highest BCUT2D eigenvalue weighted by molar-refractivity contribution is 5.85. The largest absolute Gasteiger partial charge is 0.481 e. The maximum Gasteiger partial charge on any atom is 0.307 e. The Morgan fingerprint density at radius 3 is 2.63 bits per heavy atom. The van der Waals surface area contributed by atoms with Crippen LogP contribution in [-0.4, -0.2) is 59.4 Å². The van der Waals surface area contributed by atoms with Gasteiger partial charge in [-0.2, -0.15) is 0 Å². The van der Waals surface area contributed by atoms with Crippen molar-refractivity contribution in [2.24, 2.45) is 17.8 Å². The summed E-state index contributed by atoms with van der Waals surface area (Å²) in [6, 6.07) is 0. The molecule has 1 saturated heterocycles. The summed E-state index contributed by atoms with van der Waals surface area (Å²) in [5.41, 5.74) is 0. The van der Waals surface area contributed by atoms with Crippen molar-refractivity contribution in [2.45, 2.75) is 25.9 Å². The molecule has 2 N–H and O–H groups in total. The number of carbonyl (C=O) groups excluding carboxylic acids is 1. The molecule has 6 heteroatoms. The summed E-state index contributed by atoms with van der Waals surface area (Å²) in [6.45, 7) is 3.10. The summed E-state index contributed by atoms with van der Waals surface area (Å²) in [5, 5.41) is 18.3. The van der Waals surface area contributed by atoms with Crippen LogP contribution in [0.25, 0.3) is 0 Å². The molecule has 0 aromatic rings. The number of carboxylic acid groups (broad SMARTS) is 1. The van der Waals surface area contributed by atoms with Crippen molar-refractivity contribution in [1.29, 1.82) is 0 Å². The van der Waals surface area contributed by atoms with E-state index in [4.69, 9.17) is 9.84 Å². The third kappa shape index (κ3) is 3.06. The number of aliphatic hydroxyl groups is 1. The molecule has 4 unspecified atom stereocenters. The number of ether oxygens (including phenoxy) is 1. The van der Waals surface area contributed by atoms with Crippen molar-refractivity contribution >= 4 is 11.9 Å². The van der Waals surface area contributed by atoms with Gasteiger partial charge in [-0.05, 0) is 18.8 Å². The van der Waals surface area contributed by atoms with E-state index in [-0.39, 0.29) is 24.5 Å². The molecule has 2 fully saturated rings. The average Bonchev–Trinajstić information content (AvgIpc) is 2.80. The summed E-state index contributed by atoms with van der Waals surface area (Å²) in [5.74, 6) is -1.71. The Bertz CT molecular complexity index is 359. The summed E-state index contributed by atoms with van der Waals surface area (Å²) in [7, 11) is 0. The summed E-state index contributed by atoms with van der Waals surface area (Å²) in [4.78, 5) is 25.3. The second-order valence-corrected chi connectivity index (χ2v) is 5.59. The number of amides is 1. The van der Waals surface area contributed by atoms with Gasteiger partial charge in [0.1, 0.15) is 0 Å². The van der Waals surface area contributed by atoms with Gasteiger partial charge in [0, 0.05) is 13.1 Å². The number of morpholine rings is 1. The van der Waals surface area contributed by atoms with Gasteiger partial charge in [0.05, 0.1) is 31.2 Å². The monoisotopic (exact) mass is 271 g/mol. The van der Waals surface area contributed by atoms with Crippen LogP contribution in [0.2, 0.25) is 0 Å². The smallest absolute Gasteiger partial charge is 0.307 e. The lowest BCUT2D eigenvalue weighted by molar-refractivity contribution is -0.153. The molecule has 19 heavy (non-hydrogen) atoms. The molecule has 2 aliphatic rings. The quantitative estimate of drug-likeness (QED) is 0.751. The highest BCUT2D eigenvalue weighted by Gasteiger charge is 2.43. The van der Waals surface area contributed by atoms with Gasteiger partial charge in [-0.15, -0.1) is 0 Å². The molecular formula is C13H21NO5. The Morgan fingerprint density at radius 1 is 1.32 bits per heavy atom. The number of rotatable bonds is 3. The van der Waals surface area contributed by atoms with Gasteiger partial charge in [0.25, 0.3) is 0 Å². The molecule has 1 amide bonds. The minimum Gasteiger partial charge on any atom is -0.481 e. The zero-order chi connectivity index (χ0) is 14.0. The zero-order valence-electron chi connectivity index (χ0n) is 11.1. The maximum absolute atomic E-state index is 12.4. The first-order valence-corrected chi connectivity index (χ1v) is 6.77. The van der Waals surface area contributed by atoms with Gasteiger partial charge in [0.2, 0.25) is 5.91 Å². The Morgan fingerprint density at radius 2 is 2.00 bits per heavy atom. The molecule has 1 aliphatic carbocycles. The zero-order valence-corrected chi connectivity index (χ0v) is 11.1. The Kier molecular flexibility index (Phi) is 4.42. The van der Waals surface area contributed by atoms with Crippen molar-refractivity contribution in [3.8, 4) is 0 Å². The maximum atomic E-state index is 12.4. The van der Waals surface area contributed by atoms with Gasteiger partial charge in [-0.1, -0.05) is 6.92 Å². The number of hydrogen-bond donors (Lipinski definition) is 2. The molecule has 4 atom stereocenters. The average molecular weight is 271 g/mol. The first-order valence-electron chi connectivity index (χ1n) is 6.77. The van der Waals surface area contributed by atoms with Crippen LogP contribution in [0.1, 0.15) is 19.8 Å².